The molecule has 1 aliphatic carbocycles. The fourth-order valence-corrected chi connectivity index (χ4v) is 3.99. The molecule has 0 radical (unpaired) electrons. The van der Waals surface area contributed by atoms with Crippen molar-refractivity contribution < 1.29 is 49.6 Å². The molecule has 1 saturated carbocycles. The number of hydrogen-bond donors (Lipinski definition) is 6. The summed E-state index contributed by atoms with van der Waals surface area (Å²) in [7, 11) is 0. The summed E-state index contributed by atoms with van der Waals surface area (Å²) in [5, 5.41) is 58.5. The molecular formula is C16H24O10. The molecule has 0 aromatic rings. The molecule has 3 rings (SSSR count). The topological polar surface area (TPSA) is 166 Å². The molecule has 148 valence electrons. The van der Waals surface area contributed by atoms with Crippen molar-refractivity contribution in [2.75, 3.05) is 6.61 Å². The number of carboxylic acids is 1. The normalized spacial score (nSPS) is 48.5. The maximum Gasteiger partial charge on any atom is 0.334 e. The van der Waals surface area contributed by atoms with Crippen LogP contribution < -0.4 is 0 Å². The van der Waals surface area contributed by atoms with Crippen molar-refractivity contribution in [1.29, 1.82) is 0 Å². The standard InChI is InChI=1S/C16H24O10/c1-5-8(18)2-6-7(14(22)23)4-24-15(10(5)6)26-16-13(21)12(20)11(19)9(3-17)25-16/h4-6,8-13,15-21H,2-3H2,1H3,(H,22,23)/t5-,6+,8-,9?,10+,11+,12?,13?,15-,16+/m0/s1. The molecule has 0 spiro atoms. The molecule has 1 saturated heterocycles. The fourth-order valence-electron chi connectivity index (χ4n) is 3.99. The quantitative estimate of drug-likeness (QED) is 0.316. The van der Waals surface area contributed by atoms with Gasteiger partial charge in [-0.05, 0) is 12.3 Å². The van der Waals surface area contributed by atoms with E-state index in [0.29, 0.717) is 0 Å². The molecule has 3 aliphatic rings. The third-order valence-corrected chi connectivity index (χ3v) is 5.58. The molecule has 0 amide bonds. The maximum absolute atomic E-state index is 11.4. The Bertz CT molecular complexity index is 563. The molecule has 0 aromatic carbocycles. The van der Waals surface area contributed by atoms with Gasteiger partial charge in [0.05, 0.1) is 24.5 Å². The first-order valence-corrected chi connectivity index (χ1v) is 8.49. The van der Waals surface area contributed by atoms with Crippen molar-refractivity contribution in [3.05, 3.63) is 11.8 Å². The molecule has 10 atom stereocenters. The van der Waals surface area contributed by atoms with Crippen LogP contribution in [0.2, 0.25) is 0 Å². The van der Waals surface area contributed by atoms with Crippen LogP contribution in [-0.2, 0) is 19.0 Å². The molecule has 10 heteroatoms. The van der Waals surface area contributed by atoms with Crippen LogP contribution in [0.3, 0.4) is 0 Å². The largest absolute Gasteiger partial charge is 0.478 e. The monoisotopic (exact) mass is 376 g/mol. The number of carbonyl (C=O) groups is 1. The maximum atomic E-state index is 11.4. The van der Waals surface area contributed by atoms with E-state index in [-0.39, 0.29) is 17.9 Å². The van der Waals surface area contributed by atoms with Gasteiger partial charge in [-0.15, -0.1) is 0 Å². The van der Waals surface area contributed by atoms with Crippen molar-refractivity contribution in [3.63, 3.8) is 0 Å². The van der Waals surface area contributed by atoms with Crippen LogP contribution in [0.15, 0.2) is 11.8 Å². The Morgan fingerprint density at radius 2 is 1.88 bits per heavy atom. The number of aliphatic carboxylic acids is 1. The van der Waals surface area contributed by atoms with E-state index in [9.17, 15) is 35.4 Å². The lowest BCUT2D eigenvalue weighted by Gasteiger charge is -2.43. The van der Waals surface area contributed by atoms with E-state index in [1.165, 1.54) is 0 Å². The van der Waals surface area contributed by atoms with Gasteiger partial charge in [0.15, 0.2) is 6.29 Å². The van der Waals surface area contributed by atoms with Gasteiger partial charge in [-0.2, -0.15) is 0 Å². The zero-order chi connectivity index (χ0) is 19.2. The highest BCUT2D eigenvalue weighted by Crippen LogP contribution is 2.47. The Morgan fingerprint density at radius 1 is 1.19 bits per heavy atom. The summed E-state index contributed by atoms with van der Waals surface area (Å²) in [6.07, 6.45) is -7.71. The Kier molecular flexibility index (Phi) is 5.54. The lowest BCUT2D eigenvalue weighted by Crippen LogP contribution is -2.60. The molecule has 2 heterocycles. The molecule has 0 aromatic heterocycles. The summed E-state index contributed by atoms with van der Waals surface area (Å²) in [5.74, 6) is -2.49. The van der Waals surface area contributed by atoms with Gasteiger partial charge in [-0.25, -0.2) is 4.79 Å². The Morgan fingerprint density at radius 3 is 2.50 bits per heavy atom. The zero-order valence-corrected chi connectivity index (χ0v) is 14.1. The van der Waals surface area contributed by atoms with Gasteiger partial charge in [0.25, 0.3) is 0 Å². The van der Waals surface area contributed by atoms with Crippen molar-refractivity contribution >= 4 is 5.97 Å². The van der Waals surface area contributed by atoms with Crippen LogP contribution in [0.4, 0.5) is 0 Å². The average Bonchev–Trinajstić information content (AvgIpc) is 2.90. The Balaban J connectivity index is 1.79. The Hall–Kier alpha value is -1.27. The molecule has 6 N–H and O–H groups in total. The number of rotatable bonds is 4. The summed E-state index contributed by atoms with van der Waals surface area (Å²) in [4.78, 5) is 11.4. The summed E-state index contributed by atoms with van der Waals surface area (Å²) in [6.45, 7) is 1.15. The first-order chi connectivity index (χ1) is 12.3. The van der Waals surface area contributed by atoms with E-state index in [0.717, 1.165) is 6.26 Å². The van der Waals surface area contributed by atoms with E-state index in [2.05, 4.69) is 0 Å². The molecule has 0 bridgehead atoms. The molecule has 3 unspecified atom stereocenters. The van der Waals surface area contributed by atoms with Crippen molar-refractivity contribution in [1.82, 2.24) is 0 Å². The second-order valence-corrected chi connectivity index (χ2v) is 7.06. The lowest BCUT2D eigenvalue weighted by molar-refractivity contribution is -0.342. The lowest BCUT2D eigenvalue weighted by atomic mass is 9.83. The molecule has 2 aliphatic heterocycles. The summed E-state index contributed by atoms with van der Waals surface area (Å²) in [5.41, 5.74) is 0.0343. The fraction of sp³-hybridized carbons (Fsp3) is 0.812. The van der Waals surface area contributed by atoms with Crippen LogP contribution in [0.1, 0.15) is 13.3 Å². The second kappa shape index (κ2) is 7.39. The predicted molar refractivity (Wildman–Crippen MR) is 82.2 cm³/mol. The van der Waals surface area contributed by atoms with Crippen LogP contribution in [-0.4, -0.2) is 86.3 Å². The van der Waals surface area contributed by atoms with E-state index < -0.39 is 67.5 Å². The zero-order valence-electron chi connectivity index (χ0n) is 14.1. The van der Waals surface area contributed by atoms with E-state index >= 15 is 0 Å². The van der Waals surface area contributed by atoms with Gasteiger partial charge in [-0.1, -0.05) is 6.92 Å². The first-order valence-electron chi connectivity index (χ1n) is 8.49. The molecule has 2 fully saturated rings. The van der Waals surface area contributed by atoms with Gasteiger partial charge in [0, 0.05) is 11.8 Å². The third kappa shape index (κ3) is 3.22. The van der Waals surface area contributed by atoms with Gasteiger partial charge >= 0.3 is 5.97 Å². The van der Waals surface area contributed by atoms with Crippen molar-refractivity contribution in [2.24, 2.45) is 17.8 Å². The summed E-state index contributed by atoms with van der Waals surface area (Å²) in [6, 6.07) is 0. The second-order valence-electron chi connectivity index (χ2n) is 7.06. The van der Waals surface area contributed by atoms with Gasteiger partial charge in [-0.3, -0.25) is 0 Å². The first kappa shape index (κ1) is 19.5. The minimum atomic E-state index is -1.60. The molecular weight excluding hydrogens is 352 g/mol. The summed E-state index contributed by atoms with van der Waals surface area (Å²) < 4.78 is 16.3. The number of ether oxygens (including phenoxy) is 3. The van der Waals surface area contributed by atoms with Crippen LogP contribution in [0.25, 0.3) is 0 Å². The highest BCUT2D eigenvalue weighted by atomic mass is 16.8. The number of carboxylic acid groups (broad SMARTS) is 1. The van der Waals surface area contributed by atoms with Gasteiger partial charge < -0.3 is 44.8 Å². The predicted octanol–water partition coefficient (Wildman–Crippen LogP) is -2.24. The number of aliphatic hydroxyl groups is 5. The third-order valence-electron chi connectivity index (χ3n) is 5.58. The minimum Gasteiger partial charge on any atom is -0.478 e. The smallest absolute Gasteiger partial charge is 0.334 e. The Labute approximate surface area is 149 Å². The minimum absolute atomic E-state index is 0.0343. The highest BCUT2D eigenvalue weighted by molar-refractivity contribution is 5.87. The van der Waals surface area contributed by atoms with E-state index in [1.807, 2.05) is 0 Å². The molecule has 26 heavy (non-hydrogen) atoms. The van der Waals surface area contributed by atoms with Gasteiger partial charge in [0.2, 0.25) is 6.29 Å². The van der Waals surface area contributed by atoms with Gasteiger partial charge in [0.1, 0.15) is 24.4 Å². The van der Waals surface area contributed by atoms with E-state index in [1.54, 1.807) is 6.92 Å². The molecule has 10 nitrogen and oxygen atoms in total. The average molecular weight is 376 g/mol. The van der Waals surface area contributed by atoms with E-state index in [4.69, 9.17) is 14.2 Å². The van der Waals surface area contributed by atoms with Crippen molar-refractivity contribution in [3.8, 4) is 0 Å². The summed E-state index contributed by atoms with van der Waals surface area (Å²) >= 11 is 0. The number of fused-ring (bicyclic) bond motifs is 1. The SMILES string of the molecule is C[C@@H]1[C@H]2[C@H](O[C@H]3OC(CO)[C@@H](O)C(O)C3O)OC=C(C(=O)O)[C@H]2C[C@@H]1O. The van der Waals surface area contributed by atoms with Crippen LogP contribution in [0, 0.1) is 17.8 Å². The number of aliphatic hydroxyl groups excluding tert-OH is 5. The van der Waals surface area contributed by atoms with Crippen LogP contribution >= 0.6 is 0 Å². The van der Waals surface area contributed by atoms with Crippen molar-refractivity contribution in [2.45, 2.75) is 56.4 Å². The highest BCUT2D eigenvalue weighted by Gasteiger charge is 2.53. The number of hydrogen-bond acceptors (Lipinski definition) is 9. The van der Waals surface area contributed by atoms with Crippen LogP contribution in [0.5, 0.6) is 0 Å².